The van der Waals surface area contributed by atoms with Crippen LogP contribution in [0.1, 0.15) is 25.7 Å². The maximum Gasteiger partial charge on any atom is 0.319 e. The Balaban J connectivity index is 1.15. The summed E-state index contributed by atoms with van der Waals surface area (Å²) in [7, 11) is 0. The van der Waals surface area contributed by atoms with E-state index in [1.165, 1.54) is 0 Å². The molecule has 3 aliphatic heterocycles. The number of rotatable bonds is 9. The van der Waals surface area contributed by atoms with E-state index in [1.807, 2.05) is 0 Å². The van der Waals surface area contributed by atoms with Crippen molar-refractivity contribution in [2.24, 2.45) is 0 Å². The first kappa shape index (κ1) is 24.5. The molecule has 4 rings (SSSR count). The van der Waals surface area contributed by atoms with Gasteiger partial charge in [-0.3, -0.25) is 9.69 Å². The van der Waals surface area contributed by atoms with Crippen molar-refractivity contribution < 1.29 is 33.6 Å². The van der Waals surface area contributed by atoms with Gasteiger partial charge in [0.25, 0.3) is 0 Å². The van der Waals surface area contributed by atoms with Crippen LogP contribution in [0.15, 0.2) is 18.2 Å². The Kier molecular flexibility index (Phi) is 8.80. The van der Waals surface area contributed by atoms with E-state index in [9.17, 15) is 14.7 Å². The molecule has 0 radical (unpaired) electrons. The van der Waals surface area contributed by atoms with Gasteiger partial charge >= 0.3 is 6.03 Å². The number of fused-ring (bicyclic) bond motifs is 1. The van der Waals surface area contributed by atoms with E-state index in [4.69, 9.17) is 18.9 Å². The van der Waals surface area contributed by atoms with Crippen LogP contribution in [0.5, 0.6) is 11.5 Å². The van der Waals surface area contributed by atoms with Gasteiger partial charge in [0, 0.05) is 31.4 Å². The molecular formula is C23H34N4O7. The summed E-state index contributed by atoms with van der Waals surface area (Å²) in [5, 5.41) is 18.4. The molecule has 1 aromatic rings. The number of anilines is 1. The number of ether oxygens (including phenoxy) is 4. The molecule has 3 heterocycles. The number of aliphatic hydroxyl groups excluding tert-OH is 1. The average Bonchev–Trinajstić information content (AvgIpc) is 3.31. The molecule has 0 saturated carbocycles. The predicted octanol–water partition coefficient (Wildman–Crippen LogP) is 0.674. The molecule has 34 heavy (non-hydrogen) atoms. The summed E-state index contributed by atoms with van der Waals surface area (Å²) in [6.45, 7) is 4.91. The highest BCUT2D eigenvalue weighted by Crippen LogP contribution is 2.34. The van der Waals surface area contributed by atoms with Gasteiger partial charge in [-0.2, -0.15) is 0 Å². The molecule has 3 amide bonds. The minimum absolute atomic E-state index is 0.0596. The molecule has 11 heteroatoms. The van der Waals surface area contributed by atoms with Crippen molar-refractivity contribution in [1.29, 1.82) is 0 Å². The number of morpholine rings is 1. The second-order valence-electron chi connectivity index (χ2n) is 8.69. The Morgan fingerprint density at radius 2 is 1.94 bits per heavy atom. The van der Waals surface area contributed by atoms with Crippen LogP contribution in [0, 0.1) is 0 Å². The van der Waals surface area contributed by atoms with E-state index in [-0.39, 0.29) is 37.9 Å². The molecule has 4 N–H and O–H groups in total. The maximum atomic E-state index is 12.5. The average molecular weight is 479 g/mol. The summed E-state index contributed by atoms with van der Waals surface area (Å²) in [6.07, 6.45) is 1.49. The van der Waals surface area contributed by atoms with E-state index in [0.29, 0.717) is 36.6 Å². The van der Waals surface area contributed by atoms with E-state index >= 15 is 0 Å². The molecule has 1 aromatic carbocycles. The van der Waals surface area contributed by atoms with Crippen molar-refractivity contribution in [2.75, 3.05) is 58.1 Å². The first-order valence-corrected chi connectivity index (χ1v) is 11.9. The largest absolute Gasteiger partial charge is 0.454 e. The number of nitrogens with one attached hydrogen (secondary N) is 3. The number of amides is 3. The Hall–Kier alpha value is -2.60. The quantitative estimate of drug-likeness (QED) is 0.381. The van der Waals surface area contributed by atoms with Crippen LogP contribution < -0.4 is 25.4 Å². The lowest BCUT2D eigenvalue weighted by Gasteiger charge is -2.36. The highest BCUT2D eigenvalue weighted by Gasteiger charge is 2.33. The first-order valence-electron chi connectivity index (χ1n) is 11.9. The molecule has 2 fully saturated rings. The third-order valence-electron chi connectivity index (χ3n) is 6.23. The van der Waals surface area contributed by atoms with Gasteiger partial charge < -0.3 is 40.0 Å². The normalized spacial score (nSPS) is 24.4. The molecular weight excluding hydrogens is 444 g/mol. The second-order valence-corrected chi connectivity index (χ2v) is 8.69. The topological polar surface area (TPSA) is 131 Å². The summed E-state index contributed by atoms with van der Waals surface area (Å²) in [5.74, 6) is 1.16. The van der Waals surface area contributed by atoms with Gasteiger partial charge in [-0.15, -0.1) is 0 Å². The van der Waals surface area contributed by atoms with Crippen molar-refractivity contribution in [3.63, 3.8) is 0 Å². The second kappa shape index (κ2) is 12.2. The highest BCUT2D eigenvalue weighted by atomic mass is 16.7. The molecule has 188 valence electrons. The standard InChI is InChI=1S/C23H34N4O7/c28-14-21-18(26-23(30)25-16-2-5-19-20(12-16)33-15-32-19)4-3-17(34-21)13-22(29)24-6-1-7-27-8-10-31-11-9-27/h2,5,12,17-18,21,28H,1,3-4,6-11,13-15H2,(H,24,29)(H2,25,26,30)/t17-,18+,21+/m1/s1. The Morgan fingerprint density at radius 1 is 1.12 bits per heavy atom. The van der Waals surface area contributed by atoms with Gasteiger partial charge in [0.1, 0.15) is 6.10 Å². The smallest absolute Gasteiger partial charge is 0.319 e. The van der Waals surface area contributed by atoms with Gasteiger partial charge in [0.2, 0.25) is 12.7 Å². The maximum absolute atomic E-state index is 12.5. The van der Waals surface area contributed by atoms with Crippen LogP contribution in [0.3, 0.4) is 0 Å². The van der Waals surface area contributed by atoms with Crippen molar-refractivity contribution in [3.8, 4) is 11.5 Å². The van der Waals surface area contributed by atoms with E-state index in [2.05, 4.69) is 20.9 Å². The molecule has 3 atom stereocenters. The number of hydrogen-bond acceptors (Lipinski definition) is 8. The molecule has 11 nitrogen and oxygen atoms in total. The number of urea groups is 1. The van der Waals surface area contributed by atoms with Crippen molar-refractivity contribution in [2.45, 2.75) is 43.9 Å². The van der Waals surface area contributed by atoms with Gasteiger partial charge in [0.15, 0.2) is 11.5 Å². The number of nitrogens with zero attached hydrogens (tertiary/aromatic N) is 1. The summed E-state index contributed by atoms with van der Waals surface area (Å²) >= 11 is 0. The van der Waals surface area contributed by atoms with Crippen molar-refractivity contribution in [3.05, 3.63) is 18.2 Å². The van der Waals surface area contributed by atoms with Crippen LogP contribution in [0.25, 0.3) is 0 Å². The molecule has 0 spiro atoms. The summed E-state index contributed by atoms with van der Waals surface area (Å²) in [6, 6.07) is 4.40. The van der Waals surface area contributed by atoms with Gasteiger partial charge in [-0.05, 0) is 37.9 Å². The minimum Gasteiger partial charge on any atom is -0.454 e. The van der Waals surface area contributed by atoms with Crippen LogP contribution in [-0.2, 0) is 14.3 Å². The van der Waals surface area contributed by atoms with Gasteiger partial charge in [-0.25, -0.2) is 4.79 Å². The minimum atomic E-state index is -0.574. The Bertz CT molecular complexity index is 834. The van der Waals surface area contributed by atoms with E-state index < -0.39 is 12.1 Å². The zero-order chi connectivity index (χ0) is 23.8. The van der Waals surface area contributed by atoms with Crippen LogP contribution in [-0.4, -0.2) is 93.0 Å². The number of benzene rings is 1. The van der Waals surface area contributed by atoms with Crippen molar-refractivity contribution >= 4 is 17.6 Å². The SMILES string of the molecule is O=C(C[C@H]1CC[C@H](NC(=O)Nc2ccc3c(c2)OCO3)[C@H](CO)O1)NCCCN1CCOCC1. The van der Waals surface area contributed by atoms with Gasteiger partial charge in [-0.1, -0.05) is 0 Å². The third-order valence-corrected chi connectivity index (χ3v) is 6.23. The van der Waals surface area contributed by atoms with E-state index in [1.54, 1.807) is 18.2 Å². The highest BCUT2D eigenvalue weighted by molar-refractivity contribution is 5.90. The molecule has 0 bridgehead atoms. The lowest BCUT2D eigenvalue weighted by Crippen LogP contribution is -2.52. The Labute approximate surface area is 199 Å². The molecule has 0 aliphatic carbocycles. The van der Waals surface area contributed by atoms with Crippen molar-refractivity contribution in [1.82, 2.24) is 15.5 Å². The number of carbonyl (C=O) groups is 2. The monoisotopic (exact) mass is 478 g/mol. The lowest BCUT2D eigenvalue weighted by molar-refractivity contribution is -0.130. The third kappa shape index (κ3) is 6.95. The summed E-state index contributed by atoms with van der Waals surface area (Å²) < 4.78 is 21.8. The zero-order valence-corrected chi connectivity index (χ0v) is 19.3. The Morgan fingerprint density at radius 3 is 2.76 bits per heavy atom. The lowest BCUT2D eigenvalue weighted by atomic mass is 9.97. The van der Waals surface area contributed by atoms with Gasteiger partial charge in [0.05, 0.1) is 38.4 Å². The van der Waals surface area contributed by atoms with Crippen LogP contribution in [0.4, 0.5) is 10.5 Å². The fourth-order valence-electron chi connectivity index (χ4n) is 4.39. The summed E-state index contributed by atoms with van der Waals surface area (Å²) in [4.78, 5) is 27.1. The number of carbonyl (C=O) groups excluding carboxylic acids is 2. The van der Waals surface area contributed by atoms with E-state index in [0.717, 1.165) is 39.3 Å². The van der Waals surface area contributed by atoms with Crippen LogP contribution >= 0.6 is 0 Å². The fraction of sp³-hybridized carbons (Fsp3) is 0.652. The molecule has 0 aromatic heterocycles. The first-order chi connectivity index (χ1) is 16.6. The predicted molar refractivity (Wildman–Crippen MR) is 123 cm³/mol. The summed E-state index contributed by atoms with van der Waals surface area (Å²) in [5.41, 5.74) is 0.571. The molecule has 0 unspecified atom stereocenters. The fourth-order valence-corrected chi connectivity index (χ4v) is 4.39. The molecule has 3 aliphatic rings. The number of aliphatic hydroxyl groups is 1. The van der Waals surface area contributed by atoms with Crippen LogP contribution in [0.2, 0.25) is 0 Å². The number of hydrogen-bond donors (Lipinski definition) is 4. The molecule has 2 saturated heterocycles. The zero-order valence-electron chi connectivity index (χ0n) is 19.3.